The smallest absolute Gasteiger partial charge is 0.240 e. The lowest BCUT2D eigenvalue weighted by molar-refractivity contribution is -0.125. The fraction of sp³-hybridized carbons (Fsp3) is 0.235. The second kappa shape index (κ2) is 8.95. The summed E-state index contributed by atoms with van der Waals surface area (Å²) in [5.41, 5.74) is 7.45. The van der Waals surface area contributed by atoms with Crippen LogP contribution < -0.4 is 11.1 Å². The summed E-state index contributed by atoms with van der Waals surface area (Å²) >= 11 is 1.48. The molecule has 3 N–H and O–H groups in total. The molecule has 0 aliphatic rings. The number of carbonyl (C=O) groups excluding carboxylic acids is 2. The summed E-state index contributed by atoms with van der Waals surface area (Å²) in [6, 6.07) is 12.6. The Morgan fingerprint density at radius 2 is 1.78 bits per heavy atom. The van der Waals surface area contributed by atoms with E-state index in [1.165, 1.54) is 11.8 Å². The SMILES string of the molecule is NC(=O)[C@@H](Cc1ccccc1)NC(=O)CSCc1ccncc1. The third-order valence-electron chi connectivity index (χ3n) is 3.21. The molecular formula is C17H19N3O2S. The van der Waals surface area contributed by atoms with Crippen molar-refractivity contribution in [3.05, 3.63) is 66.0 Å². The van der Waals surface area contributed by atoms with Crippen LogP contribution >= 0.6 is 11.8 Å². The third kappa shape index (κ3) is 6.12. The van der Waals surface area contributed by atoms with Gasteiger partial charge >= 0.3 is 0 Å². The van der Waals surface area contributed by atoms with Crippen LogP contribution in [0.15, 0.2) is 54.9 Å². The number of pyridine rings is 1. The zero-order valence-corrected chi connectivity index (χ0v) is 13.5. The number of hydrogen-bond donors (Lipinski definition) is 2. The summed E-state index contributed by atoms with van der Waals surface area (Å²) in [5.74, 6) is 0.279. The predicted molar refractivity (Wildman–Crippen MR) is 91.7 cm³/mol. The molecule has 6 heteroatoms. The normalized spacial score (nSPS) is 11.7. The van der Waals surface area contributed by atoms with Crippen LogP contribution in [0.2, 0.25) is 0 Å². The average Bonchev–Trinajstić information content (AvgIpc) is 2.56. The van der Waals surface area contributed by atoms with Gasteiger partial charge in [0.15, 0.2) is 0 Å². The summed E-state index contributed by atoms with van der Waals surface area (Å²) in [5, 5.41) is 2.70. The highest BCUT2D eigenvalue weighted by molar-refractivity contribution is 7.99. The number of thioether (sulfide) groups is 1. The zero-order valence-electron chi connectivity index (χ0n) is 12.6. The van der Waals surface area contributed by atoms with Crippen molar-refractivity contribution < 1.29 is 9.59 Å². The van der Waals surface area contributed by atoms with Gasteiger partial charge in [0.05, 0.1) is 5.75 Å². The molecule has 120 valence electrons. The molecular weight excluding hydrogens is 310 g/mol. The first-order valence-corrected chi connectivity index (χ1v) is 8.40. The van der Waals surface area contributed by atoms with E-state index >= 15 is 0 Å². The van der Waals surface area contributed by atoms with Crippen LogP contribution in [-0.4, -0.2) is 28.6 Å². The van der Waals surface area contributed by atoms with Gasteiger partial charge in [-0.1, -0.05) is 30.3 Å². The number of benzene rings is 1. The van der Waals surface area contributed by atoms with Crippen molar-refractivity contribution in [2.45, 2.75) is 18.2 Å². The second-order valence-electron chi connectivity index (χ2n) is 5.06. The molecule has 0 saturated carbocycles. The quantitative estimate of drug-likeness (QED) is 0.769. The maximum atomic E-state index is 12.0. The van der Waals surface area contributed by atoms with Crippen LogP contribution in [0.5, 0.6) is 0 Å². The van der Waals surface area contributed by atoms with Gasteiger partial charge in [-0.05, 0) is 23.3 Å². The number of primary amides is 1. The number of nitrogens with two attached hydrogens (primary N) is 1. The Hall–Kier alpha value is -2.34. The van der Waals surface area contributed by atoms with Crippen LogP contribution in [0, 0.1) is 0 Å². The first kappa shape index (κ1) is 17.0. The Balaban J connectivity index is 1.80. The number of carbonyl (C=O) groups is 2. The van der Waals surface area contributed by atoms with Gasteiger partial charge in [-0.3, -0.25) is 14.6 Å². The lowest BCUT2D eigenvalue weighted by Gasteiger charge is -2.15. The highest BCUT2D eigenvalue weighted by atomic mass is 32.2. The van der Waals surface area contributed by atoms with E-state index in [-0.39, 0.29) is 11.7 Å². The zero-order chi connectivity index (χ0) is 16.5. The van der Waals surface area contributed by atoms with E-state index in [1.807, 2.05) is 42.5 Å². The molecule has 1 aromatic heterocycles. The Kier molecular flexibility index (Phi) is 6.62. The Bertz CT molecular complexity index is 635. The van der Waals surface area contributed by atoms with E-state index in [1.54, 1.807) is 12.4 Å². The van der Waals surface area contributed by atoms with E-state index in [4.69, 9.17) is 5.73 Å². The number of nitrogens with one attached hydrogen (secondary N) is 1. The minimum atomic E-state index is -0.688. The third-order valence-corrected chi connectivity index (χ3v) is 4.22. The lowest BCUT2D eigenvalue weighted by atomic mass is 10.1. The van der Waals surface area contributed by atoms with E-state index in [0.717, 1.165) is 16.9 Å². The average molecular weight is 329 g/mol. The van der Waals surface area contributed by atoms with Crippen molar-refractivity contribution >= 4 is 23.6 Å². The largest absolute Gasteiger partial charge is 0.368 e. The Morgan fingerprint density at radius 1 is 1.09 bits per heavy atom. The molecule has 0 saturated heterocycles. The molecule has 0 aliphatic carbocycles. The molecule has 2 rings (SSSR count). The number of hydrogen-bond acceptors (Lipinski definition) is 4. The van der Waals surface area contributed by atoms with Crippen molar-refractivity contribution in [3.8, 4) is 0 Å². The van der Waals surface area contributed by atoms with Gasteiger partial charge in [-0.2, -0.15) is 0 Å². The van der Waals surface area contributed by atoms with Crippen molar-refractivity contribution in [3.63, 3.8) is 0 Å². The highest BCUT2D eigenvalue weighted by Crippen LogP contribution is 2.11. The molecule has 0 radical (unpaired) electrons. The summed E-state index contributed by atoms with van der Waals surface area (Å²) in [6.45, 7) is 0. The van der Waals surface area contributed by atoms with Gasteiger partial charge in [0.2, 0.25) is 11.8 Å². The summed E-state index contributed by atoms with van der Waals surface area (Å²) in [6.07, 6.45) is 3.84. The van der Waals surface area contributed by atoms with Crippen molar-refractivity contribution in [2.24, 2.45) is 5.73 Å². The van der Waals surface area contributed by atoms with E-state index in [2.05, 4.69) is 10.3 Å². The van der Waals surface area contributed by atoms with E-state index in [9.17, 15) is 9.59 Å². The molecule has 0 unspecified atom stereocenters. The lowest BCUT2D eigenvalue weighted by Crippen LogP contribution is -2.46. The minimum absolute atomic E-state index is 0.191. The molecule has 0 bridgehead atoms. The molecule has 0 aliphatic heterocycles. The standard InChI is InChI=1S/C17H19N3O2S/c18-17(22)15(10-13-4-2-1-3-5-13)20-16(21)12-23-11-14-6-8-19-9-7-14/h1-9,15H,10-12H2,(H2,18,22)(H,20,21)/t15-/m1/s1. The number of aromatic nitrogens is 1. The highest BCUT2D eigenvalue weighted by Gasteiger charge is 2.18. The van der Waals surface area contributed by atoms with Crippen LogP contribution in [0.25, 0.3) is 0 Å². The van der Waals surface area contributed by atoms with Crippen LogP contribution in [0.1, 0.15) is 11.1 Å². The number of nitrogens with zero attached hydrogens (tertiary/aromatic N) is 1. The van der Waals surface area contributed by atoms with Crippen molar-refractivity contribution in [2.75, 3.05) is 5.75 Å². The first-order chi connectivity index (χ1) is 11.1. The van der Waals surface area contributed by atoms with Gasteiger partial charge in [0, 0.05) is 24.6 Å². The van der Waals surface area contributed by atoms with Crippen LogP contribution in [-0.2, 0) is 21.8 Å². The van der Waals surface area contributed by atoms with Gasteiger partial charge in [-0.25, -0.2) is 0 Å². The molecule has 0 spiro atoms. The van der Waals surface area contributed by atoms with E-state index in [0.29, 0.717) is 6.42 Å². The maximum Gasteiger partial charge on any atom is 0.240 e. The minimum Gasteiger partial charge on any atom is -0.368 e. The Morgan fingerprint density at radius 3 is 2.43 bits per heavy atom. The topological polar surface area (TPSA) is 85.1 Å². The van der Waals surface area contributed by atoms with Crippen molar-refractivity contribution in [1.29, 1.82) is 0 Å². The molecule has 5 nitrogen and oxygen atoms in total. The number of amides is 2. The molecule has 1 heterocycles. The van der Waals surface area contributed by atoms with Crippen LogP contribution in [0.4, 0.5) is 0 Å². The summed E-state index contributed by atoms with van der Waals surface area (Å²) < 4.78 is 0. The molecule has 1 atom stereocenters. The van der Waals surface area contributed by atoms with E-state index < -0.39 is 11.9 Å². The molecule has 2 amide bonds. The molecule has 23 heavy (non-hydrogen) atoms. The van der Waals surface area contributed by atoms with Gasteiger partial charge in [0.25, 0.3) is 0 Å². The second-order valence-corrected chi connectivity index (χ2v) is 6.05. The van der Waals surface area contributed by atoms with Gasteiger partial charge in [-0.15, -0.1) is 11.8 Å². The fourth-order valence-electron chi connectivity index (χ4n) is 2.05. The molecule has 0 fully saturated rings. The maximum absolute atomic E-state index is 12.0. The number of rotatable bonds is 8. The monoisotopic (exact) mass is 329 g/mol. The summed E-state index contributed by atoms with van der Waals surface area (Å²) in [7, 11) is 0. The summed E-state index contributed by atoms with van der Waals surface area (Å²) in [4.78, 5) is 27.5. The first-order valence-electron chi connectivity index (χ1n) is 7.24. The van der Waals surface area contributed by atoms with Gasteiger partial charge in [0.1, 0.15) is 6.04 Å². The fourth-order valence-corrected chi connectivity index (χ4v) is 2.85. The Labute approximate surface area is 139 Å². The molecule has 1 aromatic carbocycles. The van der Waals surface area contributed by atoms with Crippen molar-refractivity contribution in [1.82, 2.24) is 10.3 Å². The van der Waals surface area contributed by atoms with Gasteiger partial charge < -0.3 is 11.1 Å². The predicted octanol–water partition coefficient (Wildman–Crippen LogP) is 1.53. The van der Waals surface area contributed by atoms with Crippen LogP contribution in [0.3, 0.4) is 0 Å². The molecule has 2 aromatic rings.